The van der Waals surface area contributed by atoms with Crippen LogP contribution in [0.15, 0.2) is 36.7 Å². The van der Waals surface area contributed by atoms with Crippen LogP contribution < -0.4 is 10.6 Å². The van der Waals surface area contributed by atoms with Crippen LogP contribution in [0.5, 0.6) is 0 Å². The van der Waals surface area contributed by atoms with Crippen molar-refractivity contribution in [2.75, 3.05) is 6.54 Å². The molecule has 0 aliphatic rings. The summed E-state index contributed by atoms with van der Waals surface area (Å²) in [5, 5.41) is 7.05. The summed E-state index contributed by atoms with van der Waals surface area (Å²) in [5.41, 5.74) is 2.19. The highest BCUT2D eigenvalue weighted by Gasteiger charge is 2.16. The van der Waals surface area contributed by atoms with Gasteiger partial charge < -0.3 is 10.6 Å². The molecule has 30 heavy (non-hydrogen) atoms. The lowest BCUT2D eigenvalue weighted by Gasteiger charge is -2.27. The largest absolute Gasteiger partial charge is 0.385 e. The number of nitrogens with one attached hydrogen (secondary N) is 2. The van der Waals surface area contributed by atoms with Gasteiger partial charge in [-0.15, -0.1) is 0 Å². The maximum atomic E-state index is 12.1. The van der Waals surface area contributed by atoms with Crippen molar-refractivity contribution >= 4 is 0 Å². The van der Waals surface area contributed by atoms with Crippen LogP contribution in [0, 0.1) is 11.8 Å². The van der Waals surface area contributed by atoms with Gasteiger partial charge in [0.25, 0.3) is 0 Å². The zero-order valence-corrected chi connectivity index (χ0v) is 21.6. The van der Waals surface area contributed by atoms with Gasteiger partial charge in [0.15, 0.2) is 0 Å². The first-order valence-electron chi connectivity index (χ1n) is 12.2. The molecule has 0 bridgehead atoms. The van der Waals surface area contributed by atoms with E-state index in [2.05, 4.69) is 65.0 Å². The zero-order chi connectivity index (χ0) is 23.7. The Morgan fingerprint density at radius 1 is 0.900 bits per heavy atom. The van der Waals surface area contributed by atoms with E-state index >= 15 is 0 Å². The van der Waals surface area contributed by atoms with Crippen molar-refractivity contribution in [3.63, 3.8) is 0 Å². The van der Waals surface area contributed by atoms with Gasteiger partial charge in [0.1, 0.15) is 5.67 Å². The van der Waals surface area contributed by atoms with Crippen LogP contribution in [0.1, 0.15) is 107 Å². The van der Waals surface area contributed by atoms with Crippen LogP contribution in [0.4, 0.5) is 4.39 Å². The van der Waals surface area contributed by atoms with Crippen LogP contribution in [-0.4, -0.2) is 18.3 Å². The van der Waals surface area contributed by atoms with Crippen LogP contribution >= 0.6 is 0 Å². The van der Waals surface area contributed by atoms with E-state index in [0.29, 0.717) is 12.3 Å². The van der Waals surface area contributed by atoms with Gasteiger partial charge in [-0.05, 0) is 63.9 Å². The third-order valence-electron chi connectivity index (χ3n) is 5.80. The molecule has 0 saturated heterocycles. The fraction of sp³-hybridized carbons (Fsp3) is 0.778. The molecule has 2 atom stereocenters. The number of alkyl halides is 1. The summed E-state index contributed by atoms with van der Waals surface area (Å²) in [5.74, 6) is 1.28. The first kappa shape index (κ1) is 30.9. The normalized spacial score (nSPS) is 13.1. The van der Waals surface area contributed by atoms with Gasteiger partial charge in [-0.2, -0.15) is 0 Å². The lowest BCUT2D eigenvalue weighted by molar-refractivity contribution is 0.210. The second-order valence-electron chi connectivity index (χ2n) is 9.19. The highest BCUT2D eigenvalue weighted by Crippen LogP contribution is 2.21. The minimum atomic E-state index is -0.958. The van der Waals surface area contributed by atoms with Crippen molar-refractivity contribution in [3.8, 4) is 0 Å². The van der Waals surface area contributed by atoms with E-state index in [1.54, 1.807) is 13.8 Å². The second kappa shape index (κ2) is 17.4. The highest BCUT2D eigenvalue weighted by atomic mass is 19.1. The minimum Gasteiger partial charge on any atom is -0.385 e. The summed E-state index contributed by atoms with van der Waals surface area (Å²) in [4.78, 5) is 0. The van der Waals surface area contributed by atoms with Crippen LogP contribution in [0.25, 0.3) is 0 Å². The van der Waals surface area contributed by atoms with Crippen molar-refractivity contribution in [2.45, 2.75) is 118 Å². The Hall–Kier alpha value is -1.25. The number of allylic oxidation sites excluding steroid dienone is 1. The van der Waals surface area contributed by atoms with Crippen LogP contribution in [-0.2, 0) is 0 Å². The van der Waals surface area contributed by atoms with E-state index < -0.39 is 5.67 Å². The quantitative estimate of drug-likeness (QED) is 0.243. The summed E-state index contributed by atoms with van der Waals surface area (Å²) in [6, 6.07) is 0.167. The third kappa shape index (κ3) is 15.6. The maximum absolute atomic E-state index is 12.1. The van der Waals surface area contributed by atoms with Gasteiger partial charge >= 0.3 is 0 Å². The maximum Gasteiger partial charge on any atom is 0.105 e. The Bertz CT molecular complexity index is 470. The molecule has 2 unspecified atom stereocenters. The topological polar surface area (TPSA) is 24.1 Å². The predicted molar refractivity (Wildman–Crippen MR) is 135 cm³/mol. The molecule has 3 heteroatoms. The summed E-state index contributed by atoms with van der Waals surface area (Å²) in [6.45, 7) is 29.8. The molecule has 0 fully saturated rings. The Morgan fingerprint density at radius 3 is 1.73 bits per heavy atom. The monoisotopic (exact) mass is 424 g/mol. The minimum absolute atomic E-state index is 0.167. The third-order valence-corrected chi connectivity index (χ3v) is 5.80. The zero-order valence-electron chi connectivity index (χ0n) is 21.6. The number of halogens is 1. The Balaban J connectivity index is 0. The smallest absolute Gasteiger partial charge is 0.105 e. The van der Waals surface area contributed by atoms with Gasteiger partial charge in [-0.1, -0.05) is 80.0 Å². The van der Waals surface area contributed by atoms with Gasteiger partial charge in [0, 0.05) is 24.0 Å². The molecule has 0 aromatic heterocycles. The number of rotatable bonds is 16. The van der Waals surface area contributed by atoms with E-state index in [1.165, 1.54) is 44.9 Å². The van der Waals surface area contributed by atoms with Crippen molar-refractivity contribution in [3.05, 3.63) is 36.7 Å². The fourth-order valence-electron chi connectivity index (χ4n) is 3.17. The van der Waals surface area contributed by atoms with E-state index in [1.807, 2.05) is 6.92 Å². The number of hydrogen-bond acceptors (Lipinski definition) is 2. The summed E-state index contributed by atoms with van der Waals surface area (Å²) < 4.78 is 12.1. The number of hydrogen-bond donors (Lipinski definition) is 2. The van der Waals surface area contributed by atoms with Gasteiger partial charge in [-0.3, -0.25) is 0 Å². The molecule has 2 nitrogen and oxygen atoms in total. The van der Waals surface area contributed by atoms with Gasteiger partial charge in [0.05, 0.1) is 0 Å². The van der Waals surface area contributed by atoms with Crippen LogP contribution in [0.3, 0.4) is 0 Å². The molecule has 0 rings (SSSR count). The first-order chi connectivity index (χ1) is 14.0. The molecule has 0 aromatic carbocycles. The average Bonchev–Trinajstić information content (AvgIpc) is 2.69. The Kier molecular flexibility index (Phi) is 18.0. The first-order valence-corrected chi connectivity index (χ1v) is 12.2. The second-order valence-corrected chi connectivity index (χ2v) is 9.19. The SMILES string of the molecule is C=C(NCC(CC)CCC)C(=C)C(C)NC(=C)C(CCC)CCC.CCC(C)(C)F. The molecule has 0 aliphatic heterocycles. The molecule has 178 valence electrons. The highest BCUT2D eigenvalue weighted by molar-refractivity contribution is 5.29. The predicted octanol–water partition coefficient (Wildman–Crippen LogP) is 8.32. The summed E-state index contributed by atoms with van der Waals surface area (Å²) in [6.07, 6.45) is 9.12. The van der Waals surface area contributed by atoms with Crippen molar-refractivity contribution in [2.24, 2.45) is 11.8 Å². The lowest BCUT2D eigenvalue weighted by atomic mass is 9.94. The summed E-state index contributed by atoms with van der Waals surface area (Å²) in [7, 11) is 0. The molecular weight excluding hydrogens is 371 g/mol. The molecule has 0 saturated carbocycles. The van der Waals surface area contributed by atoms with E-state index in [-0.39, 0.29) is 6.04 Å². The van der Waals surface area contributed by atoms with Crippen molar-refractivity contribution in [1.82, 2.24) is 10.6 Å². The van der Waals surface area contributed by atoms with E-state index in [9.17, 15) is 4.39 Å². The molecule has 0 aromatic rings. The van der Waals surface area contributed by atoms with Crippen LogP contribution in [0.2, 0.25) is 0 Å². The molecule has 2 N–H and O–H groups in total. The Labute approximate surface area is 188 Å². The van der Waals surface area contributed by atoms with Gasteiger partial charge in [0.2, 0.25) is 0 Å². The van der Waals surface area contributed by atoms with E-state index in [0.717, 1.165) is 29.4 Å². The molecule has 0 heterocycles. The standard InChI is InChI=1S/C22H42N2.C5H11F/c1-9-13-21(12-4)16-23-18(6)17(5)19(7)24-20(8)22(14-10-2)15-11-3;1-4-5(2,3)6/h19,21-24H,5-6,8-16H2,1-4,7H3;4H2,1-3H3. The molecule has 0 radical (unpaired) electrons. The van der Waals surface area contributed by atoms with Gasteiger partial charge in [-0.25, -0.2) is 4.39 Å². The molecule has 0 spiro atoms. The Morgan fingerprint density at radius 2 is 1.37 bits per heavy atom. The molecule has 0 amide bonds. The molecular formula is C27H53FN2. The lowest BCUT2D eigenvalue weighted by Crippen LogP contribution is -2.33. The fourth-order valence-corrected chi connectivity index (χ4v) is 3.17. The van der Waals surface area contributed by atoms with Crippen molar-refractivity contribution < 1.29 is 4.39 Å². The average molecular weight is 425 g/mol. The van der Waals surface area contributed by atoms with Crippen molar-refractivity contribution in [1.29, 1.82) is 0 Å². The molecule has 0 aliphatic carbocycles. The summed E-state index contributed by atoms with van der Waals surface area (Å²) >= 11 is 0. The van der Waals surface area contributed by atoms with E-state index in [4.69, 9.17) is 0 Å².